The van der Waals surface area contributed by atoms with E-state index in [1.54, 1.807) is 41.5 Å². The highest BCUT2D eigenvalue weighted by atomic mass is 16.7. The molecule has 0 aromatic carbocycles. The first-order chi connectivity index (χ1) is 25.5. The van der Waals surface area contributed by atoms with Gasteiger partial charge in [-0.2, -0.15) is 0 Å². The molecule has 0 aliphatic carbocycles. The fourth-order valence-corrected chi connectivity index (χ4v) is 8.97. The summed E-state index contributed by atoms with van der Waals surface area (Å²) in [5.41, 5.74) is -4.32. The molecule has 0 saturated carbocycles. The minimum Gasteiger partial charge on any atom is -0.459 e. The third-order valence-corrected chi connectivity index (χ3v) is 12.8. The number of hydrogen-bond donors (Lipinski definition) is 4. The lowest BCUT2D eigenvalue weighted by atomic mass is 9.73. The number of rotatable bonds is 10. The first-order valence-corrected chi connectivity index (χ1v) is 20.1. The van der Waals surface area contributed by atoms with Crippen molar-refractivity contribution in [2.24, 2.45) is 23.7 Å². The van der Waals surface area contributed by atoms with Crippen molar-refractivity contribution in [1.82, 2.24) is 4.90 Å². The number of likely N-dealkylation sites (N-methyl/N-ethyl adjacent to an activating group) is 1. The molecule has 55 heavy (non-hydrogen) atoms. The first kappa shape index (κ1) is 46.4. The Bertz CT molecular complexity index is 1280. The monoisotopic (exact) mass is 789 g/mol. The number of esters is 1. The molecule has 15 heteroatoms. The van der Waals surface area contributed by atoms with Crippen LogP contribution in [0.3, 0.4) is 0 Å². The summed E-state index contributed by atoms with van der Waals surface area (Å²) < 4.78 is 50.3. The predicted molar refractivity (Wildman–Crippen MR) is 200 cm³/mol. The molecule has 4 aliphatic rings. The number of aliphatic hydroxyl groups is 4. The Hall–Kier alpha value is -1.34. The van der Waals surface area contributed by atoms with E-state index < -0.39 is 102 Å². The molecule has 15 nitrogen and oxygen atoms in total. The van der Waals surface area contributed by atoms with Crippen molar-refractivity contribution in [2.45, 2.75) is 185 Å². The number of cyclic esters (lactones) is 1. The summed E-state index contributed by atoms with van der Waals surface area (Å²) in [6, 6.07) is -0.299. The Morgan fingerprint density at radius 3 is 2.09 bits per heavy atom. The number of carbonyl (C=O) groups excluding carboxylic acids is 2. The second kappa shape index (κ2) is 18.3. The van der Waals surface area contributed by atoms with Crippen LogP contribution in [0.1, 0.15) is 94.9 Å². The Morgan fingerprint density at radius 2 is 1.53 bits per heavy atom. The summed E-state index contributed by atoms with van der Waals surface area (Å²) in [5, 5.41) is 46.0. The molecule has 0 aromatic heterocycles. The highest BCUT2D eigenvalue weighted by Gasteiger charge is 2.54. The highest BCUT2D eigenvalue weighted by Crippen LogP contribution is 2.42. The van der Waals surface area contributed by atoms with Gasteiger partial charge in [-0.1, -0.05) is 27.7 Å². The number of carbonyl (C=O) groups is 2. The van der Waals surface area contributed by atoms with Gasteiger partial charge in [0, 0.05) is 37.3 Å². The van der Waals surface area contributed by atoms with Crippen LogP contribution in [0.2, 0.25) is 0 Å². The summed E-state index contributed by atoms with van der Waals surface area (Å²) >= 11 is 0. The van der Waals surface area contributed by atoms with E-state index in [2.05, 4.69) is 0 Å². The van der Waals surface area contributed by atoms with Gasteiger partial charge in [0.05, 0.1) is 60.9 Å². The number of ether oxygens (including phenoxy) is 8. The fraction of sp³-hybridized carbons (Fsp3) is 0.950. The quantitative estimate of drug-likeness (QED) is 0.186. The van der Waals surface area contributed by atoms with Gasteiger partial charge in [-0.3, -0.25) is 9.59 Å². The zero-order valence-corrected chi connectivity index (χ0v) is 35.3. The van der Waals surface area contributed by atoms with Crippen LogP contribution in [-0.4, -0.2) is 162 Å². The molecule has 4 saturated heterocycles. The summed E-state index contributed by atoms with van der Waals surface area (Å²) in [7, 11) is 5.27. The molecule has 19 atom stereocenters. The molecule has 4 heterocycles. The number of aliphatic hydroxyl groups excluding tert-OH is 3. The molecule has 0 radical (unpaired) electrons. The van der Waals surface area contributed by atoms with Crippen molar-refractivity contribution in [1.29, 1.82) is 0 Å². The van der Waals surface area contributed by atoms with E-state index in [1.165, 1.54) is 14.0 Å². The first-order valence-electron chi connectivity index (χ1n) is 20.1. The number of hydrogen-bond acceptors (Lipinski definition) is 15. The van der Waals surface area contributed by atoms with E-state index >= 15 is 0 Å². The molecule has 4 aliphatic heterocycles. The van der Waals surface area contributed by atoms with Crippen molar-refractivity contribution in [3.63, 3.8) is 0 Å². The van der Waals surface area contributed by atoms with Crippen LogP contribution in [0.5, 0.6) is 0 Å². The van der Waals surface area contributed by atoms with Gasteiger partial charge in [0.1, 0.15) is 35.8 Å². The van der Waals surface area contributed by atoms with E-state index in [0.29, 0.717) is 13.0 Å². The maximum absolute atomic E-state index is 14.3. The normalized spacial score (nSPS) is 49.3. The predicted octanol–water partition coefficient (Wildman–Crippen LogP) is 2.21. The van der Waals surface area contributed by atoms with Gasteiger partial charge in [0.15, 0.2) is 12.6 Å². The SMILES string of the molecule is CCC1OC(=O)[C@H](C)C(O[C@H]2C[C@@](C)(OC)[C@@H](O)[C@H](C)O2)[C@H](C)[C@@H](O[C@@H]2O[C@H](C)C[C@H](N(C)C)[C@H]2O)[C@](C)(OCC2CO2)C[C@@H](C)C(=O)[C@H](C)[C@@H](O)[C@]1(C)O. The molecule has 320 valence electrons. The molecular formula is C40H71NO14. The number of methoxy groups -OCH3 is 1. The van der Waals surface area contributed by atoms with Crippen LogP contribution in [0.15, 0.2) is 0 Å². The van der Waals surface area contributed by atoms with E-state index in [9.17, 15) is 30.0 Å². The highest BCUT2D eigenvalue weighted by molar-refractivity contribution is 5.83. The van der Waals surface area contributed by atoms with E-state index in [-0.39, 0.29) is 49.9 Å². The topological polar surface area (TPSA) is 195 Å². The van der Waals surface area contributed by atoms with Gasteiger partial charge in [-0.05, 0) is 74.9 Å². The smallest absolute Gasteiger partial charge is 0.311 e. The van der Waals surface area contributed by atoms with Crippen molar-refractivity contribution < 1.29 is 67.9 Å². The molecule has 0 aromatic rings. The van der Waals surface area contributed by atoms with Gasteiger partial charge in [-0.15, -0.1) is 0 Å². The molecule has 4 N–H and O–H groups in total. The van der Waals surface area contributed by atoms with Gasteiger partial charge in [0.25, 0.3) is 0 Å². The Kier molecular flexibility index (Phi) is 15.4. The molecule has 4 rings (SSSR count). The lowest BCUT2D eigenvalue weighted by molar-refractivity contribution is -0.320. The fourth-order valence-electron chi connectivity index (χ4n) is 8.97. The minimum atomic E-state index is -1.98. The number of Topliss-reactive ketones (excluding diaryl/α,β-unsaturated/α-hetero) is 1. The number of ketones is 1. The molecule has 4 fully saturated rings. The second-order valence-electron chi connectivity index (χ2n) is 17.7. The summed E-state index contributed by atoms with van der Waals surface area (Å²) in [4.78, 5) is 30.4. The number of epoxide rings is 1. The van der Waals surface area contributed by atoms with Crippen molar-refractivity contribution >= 4 is 11.8 Å². The maximum atomic E-state index is 14.3. The van der Waals surface area contributed by atoms with Crippen LogP contribution in [0, 0.1) is 23.7 Å². The third-order valence-electron chi connectivity index (χ3n) is 12.8. The second-order valence-corrected chi connectivity index (χ2v) is 17.7. The zero-order valence-electron chi connectivity index (χ0n) is 35.3. The van der Waals surface area contributed by atoms with Gasteiger partial charge >= 0.3 is 5.97 Å². The van der Waals surface area contributed by atoms with E-state index in [4.69, 9.17) is 37.9 Å². The zero-order chi connectivity index (χ0) is 41.4. The van der Waals surface area contributed by atoms with Crippen molar-refractivity contribution in [3.05, 3.63) is 0 Å². The lowest BCUT2D eigenvalue weighted by Crippen LogP contribution is -2.61. The average Bonchev–Trinajstić information content (AvgIpc) is 3.96. The van der Waals surface area contributed by atoms with Crippen LogP contribution < -0.4 is 0 Å². The molecular weight excluding hydrogens is 718 g/mol. The van der Waals surface area contributed by atoms with Gasteiger partial charge in [-0.25, -0.2) is 0 Å². The molecule has 0 bridgehead atoms. The molecule has 0 spiro atoms. The standard InChI is InChI=1S/C40H71NO14/c1-14-28-40(10,47)33(44)22(4)30(42)20(2)16-39(9,50-19-26-18-49-26)35(55-37-31(43)27(41(11)12)15-21(3)51-37)23(5)32(24(6)36(46)53-28)54-29-17-38(8,48-13)34(45)25(7)52-29/h20-29,31-35,37,43-45,47H,14-19H2,1-13H3/t20-,21-,22+,23+,24-,25+,26?,27+,28?,29+,31-,32?,33-,34+,35-,37+,38-,39-,40-/m1/s1. The summed E-state index contributed by atoms with van der Waals surface area (Å²) in [6.07, 6.45) is -9.11. The van der Waals surface area contributed by atoms with Gasteiger partial charge < -0.3 is 63.2 Å². The molecule has 3 unspecified atom stereocenters. The average molecular weight is 790 g/mol. The Morgan fingerprint density at radius 1 is 0.891 bits per heavy atom. The maximum Gasteiger partial charge on any atom is 0.311 e. The lowest BCUT2D eigenvalue weighted by Gasteiger charge is -2.50. The van der Waals surface area contributed by atoms with E-state index in [1.807, 2.05) is 39.8 Å². The summed E-state index contributed by atoms with van der Waals surface area (Å²) in [5.74, 6) is -4.57. The minimum absolute atomic E-state index is 0.0932. The molecule has 0 amide bonds. The van der Waals surface area contributed by atoms with Crippen molar-refractivity contribution in [2.75, 3.05) is 34.4 Å². The largest absolute Gasteiger partial charge is 0.459 e. The van der Waals surface area contributed by atoms with E-state index in [0.717, 1.165) is 0 Å². The van der Waals surface area contributed by atoms with Crippen LogP contribution in [0.4, 0.5) is 0 Å². The Balaban J connectivity index is 1.89. The van der Waals surface area contributed by atoms with Gasteiger partial charge in [0.2, 0.25) is 0 Å². The van der Waals surface area contributed by atoms with Crippen LogP contribution in [-0.2, 0) is 47.5 Å². The third kappa shape index (κ3) is 10.3. The van der Waals surface area contributed by atoms with Crippen LogP contribution in [0.25, 0.3) is 0 Å². The number of nitrogens with zero attached hydrogens (tertiary/aromatic N) is 1. The summed E-state index contributed by atoms with van der Waals surface area (Å²) in [6.45, 7) is 17.8. The van der Waals surface area contributed by atoms with Crippen LogP contribution >= 0.6 is 0 Å². The Labute approximate surface area is 327 Å². The van der Waals surface area contributed by atoms with Crippen molar-refractivity contribution in [3.8, 4) is 0 Å².